The van der Waals surface area contributed by atoms with Gasteiger partial charge in [0.1, 0.15) is 0 Å². The van der Waals surface area contributed by atoms with Crippen LogP contribution in [0.25, 0.3) is 0 Å². The van der Waals surface area contributed by atoms with Gasteiger partial charge in [0.05, 0.1) is 0 Å². The van der Waals surface area contributed by atoms with Gasteiger partial charge in [-0.3, -0.25) is 23.5 Å². The summed E-state index contributed by atoms with van der Waals surface area (Å²) < 4.78 is 0. The molecule has 0 saturated heterocycles. The highest BCUT2D eigenvalue weighted by Gasteiger charge is 2.20. The van der Waals surface area contributed by atoms with E-state index < -0.39 is 0 Å². The Labute approximate surface area is 140 Å². The summed E-state index contributed by atoms with van der Waals surface area (Å²) in [5.41, 5.74) is 0. The molecule has 0 spiro atoms. The third kappa shape index (κ3) is 11.4. The molecule has 1 aliphatic rings. The fourth-order valence-corrected chi connectivity index (χ4v) is 4.11. The maximum absolute atomic E-state index is 2.32. The molecule has 0 unspecified atom stereocenters. The highest BCUT2D eigenvalue weighted by atomic mass is 32.2. The minimum atomic E-state index is 0. The van der Waals surface area contributed by atoms with Crippen LogP contribution in [0.4, 0.5) is 23.5 Å². The Morgan fingerprint density at radius 3 is 1.74 bits per heavy atom. The summed E-state index contributed by atoms with van der Waals surface area (Å²) in [6.45, 7) is 2.32. The molecule has 1 fully saturated rings. The van der Waals surface area contributed by atoms with Crippen molar-refractivity contribution in [2.24, 2.45) is 11.8 Å². The summed E-state index contributed by atoms with van der Waals surface area (Å²) in [6.07, 6.45) is 10.2. The summed E-state index contributed by atoms with van der Waals surface area (Å²) >= 11 is 2.03. The van der Waals surface area contributed by atoms with Crippen molar-refractivity contribution < 1.29 is 23.5 Å². The summed E-state index contributed by atoms with van der Waals surface area (Å²) in [5, 5.41) is 0. The summed E-state index contributed by atoms with van der Waals surface area (Å²) in [5.74, 6) is 3.36. The van der Waals surface area contributed by atoms with Gasteiger partial charge in [-0.1, -0.05) is 63.6 Å². The predicted octanol–water partition coefficient (Wildman–Crippen LogP) is 6.54. The normalized spacial score (nSPS) is 18.8. The highest BCUT2D eigenvalue weighted by Crippen LogP contribution is 2.34. The van der Waals surface area contributed by atoms with Crippen molar-refractivity contribution >= 4 is 11.8 Å². The topological polar surface area (TPSA) is 0 Å². The summed E-state index contributed by atoms with van der Waals surface area (Å²) in [6, 6.07) is 10.8. The predicted molar refractivity (Wildman–Crippen MR) is 94.7 cm³/mol. The molecule has 2 rings (SSSR count). The van der Waals surface area contributed by atoms with Crippen molar-refractivity contribution in [3.05, 3.63) is 30.3 Å². The molecule has 1 aliphatic carbocycles. The van der Waals surface area contributed by atoms with E-state index in [4.69, 9.17) is 0 Å². The lowest BCUT2D eigenvalue weighted by molar-refractivity contribution is 0.258. The Bertz CT molecular complexity index is 329. The molecule has 0 heterocycles. The molecule has 1 aromatic carbocycles. The molecule has 0 atom stereocenters. The van der Waals surface area contributed by atoms with E-state index in [1.807, 2.05) is 11.8 Å². The van der Waals surface area contributed by atoms with Crippen LogP contribution in [0.1, 0.15) is 51.9 Å². The van der Waals surface area contributed by atoms with Gasteiger partial charge in [0.2, 0.25) is 0 Å². The van der Waals surface area contributed by atoms with E-state index in [-0.39, 0.29) is 23.5 Å². The molecule has 6 heteroatoms. The first-order chi connectivity index (χ1) is 8.88. The number of halogens is 5. The molecule has 0 aliphatic heterocycles. The van der Waals surface area contributed by atoms with Gasteiger partial charge < -0.3 is 0 Å². The second kappa shape index (κ2) is 17.6. The van der Waals surface area contributed by atoms with Crippen LogP contribution in [0.5, 0.6) is 0 Å². The van der Waals surface area contributed by atoms with Crippen LogP contribution in [0.3, 0.4) is 0 Å². The van der Waals surface area contributed by atoms with Crippen molar-refractivity contribution in [2.45, 2.75) is 56.8 Å². The molecular weight excluding hydrogens is 331 g/mol. The molecule has 140 valence electrons. The number of rotatable bonds is 6. The van der Waals surface area contributed by atoms with Gasteiger partial charge in [0, 0.05) is 4.90 Å². The molecule has 0 aromatic heterocycles. The smallest absolute Gasteiger partial charge is 0.00719 e. The van der Waals surface area contributed by atoms with Crippen LogP contribution in [-0.4, -0.2) is 5.75 Å². The Kier molecular flexibility index (Phi) is 23.0. The third-order valence-corrected chi connectivity index (χ3v) is 5.25. The van der Waals surface area contributed by atoms with Gasteiger partial charge in [-0.05, 0) is 36.1 Å². The Morgan fingerprint density at radius 1 is 0.783 bits per heavy atom. The van der Waals surface area contributed by atoms with Gasteiger partial charge in [0.25, 0.3) is 0 Å². The average Bonchev–Trinajstić information content (AvgIpc) is 2.42. The molecule has 0 nitrogen and oxygen atoms in total. The number of hydrogen-bond donors (Lipinski definition) is 0. The van der Waals surface area contributed by atoms with Crippen LogP contribution in [0, 0.1) is 11.8 Å². The van der Waals surface area contributed by atoms with Gasteiger partial charge >= 0.3 is 0 Å². The zero-order valence-corrected chi connectivity index (χ0v) is 14.5. The van der Waals surface area contributed by atoms with Gasteiger partial charge in [0.15, 0.2) is 0 Å². The first kappa shape index (κ1) is 30.1. The van der Waals surface area contributed by atoms with E-state index in [1.165, 1.54) is 55.6 Å². The van der Waals surface area contributed by atoms with Crippen LogP contribution in [0.2, 0.25) is 0 Å². The van der Waals surface area contributed by atoms with E-state index in [1.54, 1.807) is 0 Å². The molecule has 1 saturated carbocycles. The first-order valence-electron chi connectivity index (χ1n) is 7.56. The van der Waals surface area contributed by atoms with Crippen molar-refractivity contribution in [2.75, 3.05) is 5.75 Å². The van der Waals surface area contributed by atoms with Crippen LogP contribution >= 0.6 is 11.8 Å². The van der Waals surface area contributed by atoms with Crippen molar-refractivity contribution in [3.63, 3.8) is 0 Å². The van der Waals surface area contributed by atoms with E-state index in [0.717, 1.165) is 11.8 Å². The van der Waals surface area contributed by atoms with E-state index in [9.17, 15) is 0 Å². The molecule has 0 amide bonds. The van der Waals surface area contributed by atoms with Crippen LogP contribution in [-0.2, 0) is 0 Å². The second-order valence-electron chi connectivity index (χ2n) is 5.63. The molecule has 23 heavy (non-hydrogen) atoms. The quantitative estimate of drug-likeness (QED) is 0.409. The number of thioether (sulfide) groups is 1. The second-order valence-corrected chi connectivity index (χ2v) is 6.79. The maximum Gasteiger partial charge on any atom is 0.00719 e. The monoisotopic (exact) mass is 362 g/mol. The summed E-state index contributed by atoms with van der Waals surface area (Å²) in [4.78, 5) is 1.43. The lowest BCUT2D eigenvalue weighted by Gasteiger charge is -2.28. The third-order valence-electron chi connectivity index (χ3n) is 4.20. The highest BCUT2D eigenvalue weighted by molar-refractivity contribution is 7.99. The Balaban J connectivity index is -0.000000361. The molecule has 1 aromatic rings. The molecule has 0 bridgehead atoms. The van der Waals surface area contributed by atoms with E-state index >= 15 is 0 Å². The van der Waals surface area contributed by atoms with Crippen molar-refractivity contribution in [1.82, 2.24) is 0 Å². The lowest BCUT2D eigenvalue weighted by atomic mass is 9.79. The first-order valence-corrected chi connectivity index (χ1v) is 8.55. The molecular formula is C17H31F5S. The largest absolute Gasteiger partial charge is 0.269 e. The summed E-state index contributed by atoms with van der Waals surface area (Å²) in [7, 11) is 0. The van der Waals surface area contributed by atoms with E-state index in [2.05, 4.69) is 37.3 Å². The number of benzene rings is 1. The Hall–Kier alpha value is -0.780. The fraction of sp³-hybridized carbons (Fsp3) is 0.647. The Morgan fingerprint density at radius 2 is 1.26 bits per heavy atom. The fourth-order valence-electron chi connectivity index (χ4n) is 3.08. The maximum atomic E-state index is 2.32. The minimum absolute atomic E-state index is 0. The van der Waals surface area contributed by atoms with E-state index in [0.29, 0.717) is 0 Å². The van der Waals surface area contributed by atoms with Crippen molar-refractivity contribution in [1.29, 1.82) is 0 Å². The standard InChI is InChI=1S/C17H26S.5FH/c1-2-6-15-9-11-16(12-10-15)13-14-18-17-7-4-3-5-8-17;;;;;/h3-5,7-8,15-16H,2,6,9-14H2,1H3;5*1H. The zero-order chi connectivity index (χ0) is 12.6. The van der Waals surface area contributed by atoms with Crippen molar-refractivity contribution in [3.8, 4) is 0 Å². The van der Waals surface area contributed by atoms with Crippen LogP contribution < -0.4 is 0 Å². The SMILES string of the molecule is CCCC1CCC(CCSc2ccccc2)CC1.F.F.F.F.F. The van der Waals surface area contributed by atoms with Gasteiger partial charge in [-0.25, -0.2) is 0 Å². The van der Waals surface area contributed by atoms with Gasteiger partial charge in [-0.15, -0.1) is 11.8 Å². The average molecular weight is 362 g/mol. The molecule has 0 radical (unpaired) electrons. The van der Waals surface area contributed by atoms with Gasteiger partial charge in [-0.2, -0.15) is 0 Å². The van der Waals surface area contributed by atoms with Crippen LogP contribution in [0.15, 0.2) is 35.2 Å². The minimum Gasteiger partial charge on any atom is -0.269 e. The number of hydrogen-bond acceptors (Lipinski definition) is 1. The molecule has 0 N–H and O–H groups in total. The zero-order valence-electron chi connectivity index (χ0n) is 13.6. The lowest BCUT2D eigenvalue weighted by Crippen LogP contribution is -2.14.